The van der Waals surface area contributed by atoms with Crippen LogP contribution >= 0.6 is 0 Å². The minimum absolute atomic E-state index is 0.0285. The summed E-state index contributed by atoms with van der Waals surface area (Å²) in [6, 6.07) is 4.51. The molecular weight excluding hydrogens is 450 g/mol. The van der Waals surface area contributed by atoms with Gasteiger partial charge in [0.2, 0.25) is 11.9 Å². The third kappa shape index (κ3) is 4.75. The molecule has 3 aliphatic carbocycles. The summed E-state index contributed by atoms with van der Waals surface area (Å²) in [6.45, 7) is 2.15. The zero-order valence-corrected chi connectivity index (χ0v) is 19.9. The van der Waals surface area contributed by atoms with Gasteiger partial charge >= 0.3 is 18.2 Å². The molecule has 3 aliphatic rings. The van der Waals surface area contributed by atoms with Gasteiger partial charge in [0.25, 0.3) is 0 Å². The van der Waals surface area contributed by atoms with E-state index in [4.69, 9.17) is 16.0 Å². The van der Waals surface area contributed by atoms with E-state index in [1.807, 2.05) is 12.1 Å². The summed E-state index contributed by atoms with van der Waals surface area (Å²) in [5, 5.41) is 19.9. The second kappa shape index (κ2) is 9.91. The van der Waals surface area contributed by atoms with E-state index in [1.165, 1.54) is 11.1 Å². The first-order valence-electron chi connectivity index (χ1n) is 12.4. The summed E-state index contributed by atoms with van der Waals surface area (Å²) in [4.78, 5) is 39.0. The van der Waals surface area contributed by atoms with Crippen LogP contribution in [0, 0.1) is 23.2 Å². The highest BCUT2D eigenvalue weighted by molar-refractivity contribution is 6.25. The fourth-order valence-electron chi connectivity index (χ4n) is 7.17. The molecule has 0 aliphatic heterocycles. The van der Waals surface area contributed by atoms with Crippen LogP contribution in [0.4, 0.5) is 0 Å². The SMILES string of the molecule is C[C@]12CC[C@@H]3c4ccc(O)cc4CC[C@H]3[C@@H]1CC[C@@H]2C(OC(=O)[C@@H](N)CCC(=O)C=[N+]=[N-])C(=O)O. The number of rotatable bonds is 8. The van der Waals surface area contributed by atoms with Crippen molar-refractivity contribution in [3.05, 3.63) is 34.9 Å². The fourth-order valence-corrected chi connectivity index (χ4v) is 7.17. The monoisotopic (exact) mass is 483 g/mol. The first-order chi connectivity index (χ1) is 16.7. The summed E-state index contributed by atoms with van der Waals surface area (Å²) < 4.78 is 5.48. The van der Waals surface area contributed by atoms with Gasteiger partial charge in [-0.25, -0.2) is 4.79 Å². The molecule has 1 aromatic carbocycles. The highest BCUT2D eigenvalue weighted by Crippen LogP contribution is 2.63. The first kappa shape index (κ1) is 25.1. The molecule has 0 spiro atoms. The fraction of sp³-hybridized carbons (Fsp3) is 0.615. The maximum Gasteiger partial charge on any atom is 0.345 e. The Labute approximate surface area is 204 Å². The molecule has 1 unspecified atom stereocenters. The maximum atomic E-state index is 12.6. The number of carboxylic acids is 1. The number of aromatic hydroxyl groups is 1. The van der Waals surface area contributed by atoms with Crippen LogP contribution in [0.15, 0.2) is 18.2 Å². The van der Waals surface area contributed by atoms with Gasteiger partial charge in [-0.1, -0.05) is 13.0 Å². The van der Waals surface area contributed by atoms with E-state index in [2.05, 4.69) is 11.7 Å². The van der Waals surface area contributed by atoms with Crippen molar-refractivity contribution in [2.24, 2.45) is 28.9 Å². The highest BCUT2D eigenvalue weighted by atomic mass is 16.6. The molecule has 188 valence electrons. The van der Waals surface area contributed by atoms with Crippen LogP contribution in [0.25, 0.3) is 5.53 Å². The minimum atomic E-state index is -1.29. The Morgan fingerprint density at radius 2 is 2.06 bits per heavy atom. The third-order valence-electron chi connectivity index (χ3n) is 8.84. The van der Waals surface area contributed by atoms with Crippen LogP contribution in [0.3, 0.4) is 0 Å². The molecule has 0 bridgehead atoms. The Hall–Kier alpha value is -3.03. The third-order valence-corrected chi connectivity index (χ3v) is 8.84. The van der Waals surface area contributed by atoms with Crippen LogP contribution in [-0.2, 0) is 25.5 Å². The molecular formula is C26H33N3O6. The number of hydrogen-bond donors (Lipinski definition) is 3. The number of hydrogen-bond acceptors (Lipinski definition) is 6. The number of ketones is 1. The number of phenols is 1. The lowest BCUT2D eigenvalue weighted by molar-refractivity contribution is -0.173. The predicted molar refractivity (Wildman–Crippen MR) is 126 cm³/mol. The van der Waals surface area contributed by atoms with Gasteiger partial charge < -0.3 is 26.2 Å². The lowest BCUT2D eigenvalue weighted by Gasteiger charge is -2.51. The molecule has 4 rings (SSSR count). The topological polar surface area (TPSA) is 163 Å². The van der Waals surface area contributed by atoms with Crippen molar-refractivity contribution in [1.82, 2.24) is 0 Å². The van der Waals surface area contributed by atoms with Gasteiger partial charge in [0.05, 0.1) is 0 Å². The number of aryl methyl sites for hydroxylation is 1. The van der Waals surface area contributed by atoms with Crippen molar-refractivity contribution in [1.29, 1.82) is 0 Å². The summed E-state index contributed by atoms with van der Waals surface area (Å²) in [7, 11) is 0. The number of nitrogens with two attached hydrogens (primary N) is 1. The Bertz CT molecular complexity index is 1070. The number of fused-ring (bicyclic) bond motifs is 5. The molecule has 2 fully saturated rings. The number of benzene rings is 1. The summed E-state index contributed by atoms with van der Waals surface area (Å²) in [6.07, 6.45) is 4.53. The van der Waals surface area contributed by atoms with Crippen molar-refractivity contribution in [3.8, 4) is 5.75 Å². The molecule has 35 heavy (non-hydrogen) atoms. The average molecular weight is 484 g/mol. The van der Waals surface area contributed by atoms with Gasteiger partial charge in [0.1, 0.15) is 11.8 Å². The molecule has 0 saturated heterocycles. The van der Waals surface area contributed by atoms with Crippen LogP contribution in [0.5, 0.6) is 5.75 Å². The maximum absolute atomic E-state index is 12.6. The van der Waals surface area contributed by atoms with Gasteiger partial charge in [-0.15, -0.1) is 0 Å². The Morgan fingerprint density at radius 3 is 2.77 bits per heavy atom. The molecule has 9 heteroatoms. The standard InChI is InChI=1S/C26H33N3O6/c1-26-11-10-18-17-6-3-15(30)12-14(17)2-5-19(18)20(26)7-8-21(26)23(24(32)33)35-25(34)22(27)9-4-16(31)13-29-28/h3,6,12-13,18-23,30H,2,4-5,7-11,27H2,1H3,(H,32,33)/t18-,19-,20+,21-,22+,23?,26+/m1/s1. The molecule has 0 amide bonds. The van der Waals surface area contributed by atoms with Gasteiger partial charge in [0.15, 0.2) is 0 Å². The zero-order chi connectivity index (χ0) is 25.3. The number of aliphatic carboxylic acids is 1. The number of ether oxygens (including phenoxy) is 1. The van der Waals surface area contributed by atoms with Crippen molar-refractivity contribution < 1.29 is 34.1 Å². The Morgan fingerprint density at radius 1 is 1.29 bits per heavy atom. The zero-order valence-electron chi connectivity index (χ0n) is 19.9. The number of esters is 1. The van der Waals surface area contributed by atoms with Crippen LogP contribution in [0.2, 0.25) is 0 Å². The van der Waals surface area contributed by atoms with Gasteiger partial charge in [0, 0.05) is 12.3 Å². The normalized spacial score (nSPS) is 30.6. The van der Waals surface area contributed by atoms with E-state index >= 15 is 0 Å². The second-order valence-corrected chi connectivity index (χ2v) is 10.6. The van der Waals surface area contributed by atoms with Crippen LogP contribution in [0.1, 0.15) is 68.9 Å². The molecule has 0 radical (unpaired) electrons. The van der Waals surface area contributed by atoms with Crippen LogP contribution < -0.4 is 5.73 Å². The lowest BCUT2D eigenvalue weighted by Crippen LogP contribution is -2.49. The molecule has 0 aromatic heterocycles. The number of carboxylic acid groups (broad SMARTS) is 1. The van der Waals surface area contributed by atoms with E-state index in [0.717, 1.165) is 38.3 Å². The minimum Gasteiger partial charge on any atom is -0.508 e. The summed E-state index contributed by atoms with van der Waals surface area (Å²) >= 11 is 0. The quantitative estimate of drug-likeness (QED) is 0.221. The number of Topliss-reactive ketones (excluding diaryl/α,β-unsaturated/α-hetero) is 1. The summed E-state index contributed by atoms with van der Waals surface area (Å²) in [5.41, 5.74) is 16.5. The van der Waals surface area contributed by atoms with Crippen molar-refractivity contribution in [2.45, 2.75) is 76.4 Å². The number of carbonyl (C=O) groups excluding carboxylic acids is 2. The molecule has 0 heterocycles. The second-order valence-electron chi connectivity index (χ2n) is 10.6. The van der Waals surface area contributed by atoms with E-state index in [1.54, 1.807) is 6.07 Å². The molecule has 2 saturated carbocycles. The van der Waals surface area contributed by atoms with E-state index in [9.17, 15) is 24.6 Å². The average Bonchev–Trinajstić information content (AvgIpc) is 3.17. The van der Waals surface area contributed by atoms with Crippen LogP contribution in [-0.4, -0.2) is 51.1 Å². The summed E-state index contributed by atoms with van der Waals surface area (Å²) in [5.74, 6) is -1.36. The first-order valence-corrected chi connectivity index (χ1v) is 12.4. The highest BCUT2D eigenvalue weighted by Gasteiger charge is 2.58. The van der Waals surface area contributed by atoms with Gasteiger partial charge in [-0.3, -0.25) is 9.59 Å². The van der Waals surface area contributed by atoms with E-state index < -0.39 is 29.9 Å². The molecule has 9 nitrogen and oxygen atoms in total. The van der Waals surface area contributed by atoms with Crippen molar-refractivity contribution in [2.75, 3.05) is 0 Å². The molecule has 4 N–H and O–H groups in total. The predicted octanol–water partition coefficient (Wildman–Crippen LogP) is 2.84. The Kier molecular flexibility index (Phi) is 7.10. The van der Waals surface area contributed by atoms with E-state index in [0.29, 0.717) is 29.9 Å². The largest absolute Gasteiger partial charge is 0.508 e. The van der Waals surface area contributed by atoms with Gasteiger partial charge in [-0.2, -0.15) is 4.79 Å². The Balaban J connectivity index is 1.48. The van der Waals surface area contributed by atoms with E-state index in [-0.39, 0.29) is 24.2 Å². The van der Waals surface area contributed by atoms with Crippen molar-refractivity contribution >= 4 is 23.9 Å². The smallest absolute Gasteiger partial charge is 0.345 e. The van der Waals surface area contributed by atoms with Crippen molar-refractivity contribution in [3.63, 3.8) is 0 Å². The van der Waals surface area contributed by atoms with Gasteiger partial charge in [-0.05, 0) is 91.4 Å². The molecule has 7 atom stereocenters. The number of phenolic OH excluding ortho intramolecular Hbond substituents is 1. The lowest BCUT2D eigenvalue weighted by atomic mass is 9.53. The number of nitrogens with zero attached hydrogens (tertiary/aromatic N) is 2. The number of carbonyl (C=O) groups is 3. The molecule has 1 aromatic rings.